The molecule has 26 heavy (non-hydrogen) atoms. The quantitative estimate of drug-likeness (QED) is 0.545. The lowest BCUT2D eigenvalue weighted by Gasteiger charge is -2.16. The van der Waals surface area contributed by atoms with Gasteiger partial charge in [0.1, 0.15) is 0 Å². The zero-order valence-electron chi connectivity index (χ0n) is 13.5. The van der Waals surface area contributed by atoms with Crippen LogP contribution in [0, 0.1) is 0 Å². The molecule has 12 heteroatoms. The van der Waals surface area contributed by atoms with Gasteiger partial charge in [0.05, 0.1) is 11.1 Å². The summed E-state index contributed by atoms with van der Waals surface area (Å²) in [7, 11) is 0. The van der Waals surface area contributed by atoms with Gasteiger partial charge in [-0.3, -0.25) is 0 Å². The largest absolute Gasteiger partial charge is 0.416 e. The van der Waals surface area contributed by atoms with Crippen molar-refractivity contribution in [1.29, 1.82) is 0 Å². The maximum atomic E-state index is 12.7. The number of nitrogens with two attached hydrogens (primary N) is 2. The number of hydrogen-bond donors (Lipinski definition) is 3. The molecule has 0 aromatic heterocycles. The lowest BCUT2D eigenvalue weighted by atomic mass is 10.0. The van der Waals surface area contributed by atoms with Crippen molar-refractivity contribution in [2.24, 2.45) is 11.5 Å². The van der Waals surface area contributed by atoms with Gasteiger partial charge in [-0.05, 0) is 43.1 Å². The average Bonchev–Trinajstić information content (AvgIpc) is 2.43. The van der Waals surface area contributed by atoms with Crippen molar-refractivity contribution in [3.63, 3.8) is 0 Å². The number of halogens is 9. The summed E-state index contributed by atoms with van der Waals surface area (Å²) in [6.07, 6.45) is -8.36. The van der Waals surface area contributed by atoms with Crippen molar-refractivity contribution < 1.29 is 26.3 Å². The van der Waals surface area contributed by atoms with Gasteiger partial charge in [0.2, 0.25) is 0 Å². The Bertz CT molecular complexity index is 479. The minimum Gasteiger partial charge on any atom is -0.330 e. The zero-order chi connectivity index (χ0) is 17.7. The van der Waals surface area contributed by atoms with Crippen LogP contribution in [-0.4, -0.2) is 19.1 Å². The first-order valence-corrected chi connectivity index (χ1v) is 6.98. The van der Waals surface area contributed by atoms with Crippen LogP contribution < -0.4 is 16.8 Å². The summed E-state index contributed by atoms with van der Waals surface area (Å²) in [6.45, 7) is 0.608. The van der Waals surface area contributed by atoms with Gasteiger partial charge in [0, 0.05) is 19.1 Å². The third-order valence-electron chi connectivity index (χ3n) is 3.16. The van der Waals surface area contributed by atoms with Crippen molar-refractivity contribution in [2.45, 2.75) is 37.8 Å². The van der Waals surface area contributed by atoms with E-state index < -0.39 is 23.5 Å². The van der Waals surface area contributed by atoms with E-state index >= 15 is 0 Å². The fraction of sp³-hybridized carbons (Fsp3) is 0.571. The third-order valence-corrected chi connectivity index (χ3v) is 3.16. The van der Waals surface area contributed by atoms with Gasteiger partial charge in [0.25, 0.3) is 0 Å². The summed E-state index contributed by atoms with van der Waals surface area (Å²) in [5.74, 6) is 0. The number of alkyl halides is 6. The predicted octanol–water partition coefficient (Wildman–Crippen LogP) is 4.15. The highest BCUT2D eigenvalue weighted by atomic mass is 35.5. The lowest BCUT2D eigenvalue weighted by Crippen LogP contribution is -2.34. The summed E-state index contributed by atoms with van der Waals surface area (Å²) in [5.41, 5.74) is 8.32. The summed E-state index contributed by atoms with van der Waals surface area (Å²) >= 11 is 0. The van der Waals surface area contributed by atoms with Crippen LogP contribution in [0.2, 0.25) is 0 Å². The van der Waals surface area contributed by atoms with Crippen molar-refractivity contribution in [3.05, 3.63) is 34.9 Å². The summed E-state index contributed by atoms with van der Waals surface area (Å²) < 4.78 is 76.2. The minimum absolute atomic E-state index is 0. The molecule has 1 aromatic carbocycles. The van der Waals surface area contributed by atoms with E-state index in [1.807, 2.05) is 0 Å². The fourth-order valence-corrected chi connectivity index (χ4v) is 2.01. The summed E-state index contributed by atoms with van der Waals surface area (Å²) in [6, 6.07) is 1.25. The molecule has 156 valence electrons. The van der Waals surface area contributed by atoms with Crippen LogP contribution in [-0.2, 0) is 18.9 Å². The Balaban J connectivity index is -0.00000176. The Hall–Kier alpha value is -0.450. The molecule has 0 aliphatic heterocycles. The highest BCUT2D eigenvalue weighted by Crippen LogP contribution is 2.36. The Morgan fingerprint density at radius 3 is 1.73 bits per heavy atom. The molecule has 1 atom stereocenters. The van der Waals surface area contributed by atoms with Gasteiger partial charge >= 0.3 is 12.4 Å². The van der Waals surface area contributed by atoms with Crippen LogP contribution in [0.1, 0.15) is 29.5 Å². The smallest absolute Gasteiger partial charge is 0.330 e. The fourth-order valence-electron chi connectivity index (χ4n) is 2.01. The molecule has 0 saturated heterocycles. The van der Waals surface area contributed by atoms with Crippen LogP contribution in [0.4, 0.5) is 26.3 Å². The van der Waals surface area contributed by atoms with E-state index in [2.05, 4.69) is 5.32 Å². The second-order valence-electron chi connectivity index (χ2n) is 5.24. The maximum Gasteiger partial charge on any atom is 0.416 e. The van der Waals surface area contributed by atoms with Crippen LogP contribution in [0.5, 0.6) is 0 Å². The summed E-state index contributed by atoms with van der Waals surface area (Å²) in [4.78, 5) is 0. The van der Waals surface area contributed by atoms with Crippen LogP contribution in [0.3, 0.4) is 0 Å². The van der Waals surface area contributed by atoms with E-state index in [-0.39, 0.29) is 68.0 Å². The molecule has 1 aromatic rings. The van der Waals surface area contributed by atoms with Gasteiger partial charge in [0.15, 0.2) is 0 Å². The van der Waals surface area contributed by atoms with Gasteiger partial charge in [-0.25, -0.2) is 0 Å². The molecule has 3 nitrogen and oxygen atoms in total. The molecule has 0 unspecified atom stereocenters. The maximum absolute atomic E-state index is 12.7. The molecule has 0 fully saturated rings. The van der Waals surface area contributed by atoms with Crippen molar-refractivity contribution in [3.8, 4) is 0 Å². The molecule has 0 amide bonds. The SMILES string of the molecule is Cl.Cl.Cl.NCCC[C@H](N)CNCc1cc(C(F)(F)F)cc(C(F)(F)F)c1. The molecule has 1 rings (SSSR count). The number of rotatable bonds is 7. The van der Waals surface area contributed by atoms with Crippen LogP contribution in [0.25, 0.3) is 0 Å². The van der Waals surface area contributed by atoms with E-state index in [1.165, 1.54) is 0 Å². The molecular weight excluding hydrogens is 431 g/mol. The first-order chi connectivity index (χ1) is 10.5. The van der Waals surface area contributed by atoms with Crippen molar-refractivity contribution in [1.82, 2.24) is 5.32 Å². The second-order valence-corrected chi connectivity index (χ2v) is 5.24. The van der Waals surface area contributed by atoms with Gasteiger partial charge < -0.3 is 16.8 Å². The monoisotopic (exact) mass is 451 g/mol. The Morgan fingerprint density at radius 2 is 1.35 bits per heavy atom. The standard InChI is InChI=1S/C14H19F6N3.3ClH/c15-13(16,17)10-4-9(5-11(6-10)14(18,19)20)7-23-8-12(22)2-1-3-21;;;/h4-6,12,23H,1-3,7-8,21-22H2;3*1H/t12-;;;/m0.../s1. The van der Waals surface area contributed by atoms with E-state index in [9.17, 15) is 26.3 Å². The van der Waals surface area contributed by atoms with Gasteiger partial charge in [-0.1, -0.05) is 0 Å². The number of benzene rings is 1. The van der Waals surface area contributed by atoms with Crippen LogP contribution in [0.15, 0.2) is 18.2 Å². The van der Waals surface area contributed by atoms with Crippen molar-refractivity contribution >= 4 is 37.2 Å². The molecule has 0 heterocycles. The molecule has 5 N–H and O–H groups in total. The van der Waals surface area contributed by atoms with E-state index in [1.54, 1.807) is 0 Å². The van der Waals surface area contributed by atoms with E-state index in [4.69, 9.17) is 11.5 Å². The predicted molar refractivity (Wildman–Crippen MR) is 96.2 cm³/mol. The Morgan fingerprint density at radius 1 is 0.885 bits per heavy atom. The molecule has 0 radical (unpaired) electrons. The Labute approximate surface area is 166 Å². The molecular formula is C14H22Cl3F6N3. The Kier molecular flexibility index (Phi) is 15.0. The molecule has 0 aliphatic carbocycles. The first-order valence-electron chi connectivity index (χ1n) is 6.98. The minimum atomic E-state index is -4.84. The van der Waals surface area contributed by atoms with Gasteiger partial charge in [-0.15, -0.1) is 37.2 Å². The van der Waals surface area contributed by atoms with Crippen molar-refractivity contribution in [2.75, 3.05) is 13.1 Å². The highest BCUT2D eigenvalue weighted by molar-refractivity contribution is 5.86. The lowest BCUT2D eigenvalue weighted by molar-refractivity contribution is -0.143. The topological polar surface area (TPSA) is 64.1 Å². The number of hydrogen-bond acceptors (Lipinski definition) is 3. The zero-order valence-corrected chi connectivity index (χ0v) is 15.9. The highest BCUT2D eigenvalue weighted by Gasteiger charge is 2.36. The summed E-state index contributed by atoms with van der Waals surface area (Å²) in [5, 5.41) is 2.77. The first kappa shape index (κ1) is 30.3. The molecule has 0 spiro atoms. The number of nitrogens with one attached hydrogen (secondary N) is 1. The van der Waals surface area contributed by atoms with Gasteiger partial charge in [-0.2, -0.15) is 26.3 Å². The molecule has 0 aliphatic rings. The van der Waals surface area contributed by atoms with E-state index in [0.717, 1.165) is 0 Å². The average molecular weight is 453 g/mol. The molecule has 0 saturated carbocycles. The third kappa shape index (κ3) is 10.6. The van der Waals surface area contributed by atoms with E-state index in [0.29, 0.717) is 31.5 Å². The molecule has 0 bridgehead atoms. The van der Waals surface area contributed by atoms with Crippen LogP contribution >= 0.6 is 37.2 Å². The normalized spacial score (nSPS) is 12.5. The second kappa shape index (κ2) is 12.9.